The Kier molecular flexibility index (Phi) is 3.68. The van der Waals surface area contributed by atoms with Gasteiger partial charge in [-0.15, -0.1) is 0 Å². The highest BCUT2D eigenvalue weighted by Gasteiger charge is 2.21. The zero-order valence-electron chi connectivity index (χ0n) is 11.8. The molecule has 21 heavy (non-hydrogen) atoms. The van der Waals surface area contributed by atoms with Crippen LogP contribution in [-0.4, -0.2) is 21.9 Å². The molecule has 0 bridgehead atoms. The van der Waals surface area contributed by atoms with Crippen molar-refractivity contribution in [2.75, 3.05) is 16.0 Å². The monoisotopic (exact) mass is 283 g/mol. The van der Waals surface area contributed by atoms with Gasteiger partial charge in [0.25, 0.3) is 0 Å². The number of benzene rings is 1. The van der Waals surface area contributed by atoms with Gasteiger partial charge in [-0.25, -0.2) is 4.98 Å². The summed E-state index contributed by atoms with van der Waals surface area (Å²) in [5, 5.41) is 9.20. The molecule has 1 aliphatic carbocycles. The maximum atomic E-state index is 11.0. The van der Waals surface area contributed by atoms with Crippen LogP contribution in [0, 0.1) is 0 Å². The highest BCUT2D eigenvalue weighted by atomic mass is 16.1. The van der Waals surface area contributed by atoms with Crippen molar-refractivity contribution in [2.24, 2.45) is 0 Å². The molecule has 1 heterocycles. The SMILES string of the molecule is CC(=O)Nc1ccc(Nc2nccc(NC3CC3)n2)cc1. The molecular formula is C15H17N5O. The third-order valence-electron chi connectivity index (χ3n) is 3.05. The van der Waals surface area contributed by atoms with E-state index in [1.165, 1.54) is 19.8 Å². The van der Waals surface area contributed by atoms with E-state index < -0.39 is 0 Å². The first kappa shape index (κ1) is 13.4. The second-order valence-corrected chi connectivity index (χ2v) is 5.07. The van der Waals surface area contributed by atoms with Gasteiger partial charge in [0.1, 0.15) is 5.82 Å². The lowest BCUT2D eigenvalue weighted by Gasteiger charge is -2.08. The van der Waals surface area contributed by atoms with E-state index in [1.807, 2.05) is 30.3 Å². The number of amides is 1. The Bertz CT molecular complexity index is 637. The molecule has 2 aromatic rings. The summed E-state index contributed by atoms with van der Waals surface area (Å²) in [5.41, 5.74) is 1.63. The first-order chi connectivity index (χ1) is 10.2. The van der Waals surface area contributed by atoms with Crippen LogP contribution in [-0.2, 0) is 4.79 Å². The summed E-state index contributed by atoms with van der Waals surface area (Å²) >= 11 is 0. The van der Waals surface area contributed by atoms with Crippen LogP contribution in [0.1, 0.15) is 19.8 Å². The molecule has 108 valence electrons. The molecule has 1 aliphatic rings. The molecule has 3 rings (SSSR count). The highest BCUT2D eigenvalue weighted by Crippen LogP contribution is 2.24. The number of nitrogens with zero attached hydrogens (tertiary/aromatic N) is 2. The third-order valence-corrected chi connectivity index (χ3v) is 3.05. The number of anilines is 4. The Hall–Kier alpha value is -2.63. The van der Waals surface area contributed by atoms with Gasteiger partial charge in [-0.2, -0.15) is 4.98 Å². The maximum absolute atomic E-state index is 11.0. The average Bonchev–Trinajstić information content (AvgIpc) is 3.25. The van der Waals surface area contributed by atoms with Crippen LogP contribution in [0.2, 0.25) is 0 Å². The Labute approximate surface area is 123 Å². The molecule has 1 aromatic carbocycles. The second kappa shape index (κ2) is 5.78. The summed E-state index contributed by atoms with van der Waals surface area (Å²) in [7, 11) is 0. The quantitative estimate of drug-likeness (QED) is 0.786. The molecule has 6 nitrogen and oxygen atoms in total. The van der Waals surface area contributed by atoms with Gasteiger partial charge in [-0.05, 0) is 43.2 Å². The van der Waals surface area contributed by atoms with Gasteiger partial charge in [-0.1, -0.05) is 0 Å². The van der Waals surface area contributed by atoms with Crippen molar-refractivity contribution in [3.63, 3.8) is 0 Å². The van der Waals surface area contributed by atoms with E-state index in [2.05, 4.69) is 25.9 Å². The summed E-state index contributed by atoms with van der Waals surface area (Å²) in [6.07, 6.45) is 4.14. The predicted octanol–water partition coefficient (Wildman–Crippen LogP) is 2.75. The van der Waals surface area contributed by atoms with E-state index in [-0.39, 0.29) is 5.91 Å². The van der Waals surface area contributed by atoms with E-state index in [1.54, 1.807) is 6.20 Å². The van der Waals surface area contributed by atoms with Gasteiger partial charge >= 0.3 is 0 Å². The topological polar surface area (TPSA) is 78.9 Å². The fourth-order valence-electron chi connectivity index (χ4n) is 1.91. The van der Waals surface area contributed by atoms with Crippen molar-refractivity contribution in [1.82, 2.24) is 9.97 Å². The number of carbonyl (C=O) groups excluding carboxylic acids is 1. The molecule has 0 radical (unpaired) electrons. The van der Waals surface area contributed by atoms with Gasteiger partial charge in [0.2, 0.25) is 11.9 Å². The van der Waals surface area contributed by atoms with Crippen LogP contribution < -0.4 is 16.0 Å². The summed E-state index contributed by atoms with van der Waals surface area (Å²) in [5.74, 6) is 1.30. The van der Waals surface area contributed by atoms with Crippen LogP contribution in [0.25, 0.3) is 0 Å². The first-order valence-electron chi connectivity index (χ1n) is 6.93. The maximum Gasteiger partial charge on any atom is 0.229 e. The molecule has 0 aliphatic heterocycles. The van der Waals surface area contributed by atoms with Gasteiger partial charge in [0, 0.05) is 30.5 Å². The Balaban J connectivity index is 1.66. The van der Waals surface area contributed by atoms with Crippen LogP contribution in [0.15, 0.2) is 36.5 Å². The van der Waals surface area contributed by atoms with Gasteiger partial charge < -0.3 is 16.0 Å². The number of hydrogen-bond donors (Lipinski definition) is 3. The van der Waals surface area contributed by atoms with Crippen molar-refractivity contribution in [1.29, 1.82) is 0 Å². The molecule has 1 aromatic heterocycles. The van der Waals surface area contributed by atoms with Crippen molar-refractivity contribution in [3.05, 3.63) is 36.5 Å². The standard InChI is InChI=1S/C15H17N5O/c1-10(21)17-11-2-6-13(7-3-11)19-15-16-9-8-14(20-15)18-12-4-5-12/h2-3,6-9,12H,4-5H2,1H3,(H,17,21)(H2,16,18,19,20). The van der Waals surface area contributed by atoms with Crippen LogP contribution in [0.3, 0.4) is 0 Å². The van der Waals surface area contributed by atoms with E-state index >= 15 is 0 Å². The highest BCUT2D eigenvalue weighted by molar-refractivity contribution is 5.88. The number of carbonyl (C=O) groups is 1. The van der Waals surface area contributed by atoms with Crippen LogP contribution >= 0.6 is 0 Å². The van der Waals surface area contributed by atoms with Gasteiger partial charge in [-0.3, -0.25) is 4.79 Å². The molecule has 0 unspecified atom stereocenters. The Morgan fingerprint density at radius 3 is 2.52 bits per heavy atom. The fourth-order valence-corrected chi connectivity index (χ4v) is 1.91. The van der Waals surface area contributed by atoms with Crippen molar-refractivity contribution in [2.45, 2.75) is 25.8 Å². The van der Waals surface area contributed by atoms with E-state index in [0.717, 1.165) is 17.2 Å². The van der Waals surface area contributed by atoms with E-state index in [9.17, 15) is 4.79 Å². The number of nitrogens with one attached hydrogen (secondary N) is 3. The lowest BCUT2D eigenvalue weighted by atomic mass is 10.3. The molecule has 1 saturated carbocycles. The minimum atomic E-state index is -0.0853. The molecule has 1 fully saturated rings. The van der Waals surface area contributed by atoms with E-state index in [4.69, 9.17) is 0 Å². The van der Waals surface area contributed by atoms with E-state index in [0.29, 0.717) is 12.0 Å². The molecular weight excluding hydrogens is 266 g/mol. The molecule has 0 atom stereocenters. The van der Waals surface area contributed by atoms with Crippen LogP contribution in [0.5, 0.6) is 0 Å². The number of aromatic nitrogens is 2. The van der Waals surface area contributed by atoms with Gasteiger partial charge in [0.05, 0.1) is 0 Å². The molecule has 0 saturated heterocycles. The zero-order valence-corrected chi connectivity index (χ0v) is 11.8. The van der Waals surface area contributed by atoms with Gasteiger partial charge in [0.15, 0.2) is 0 Å². The first-order valence-corrected chi connectivity index (χ1v) is 6.93. The van der Waals surface area contributed by atoms with Crippen LogP contribution in [0.4, 0.5) is 23.1 Å². The Morgan fingerprint density at radius 2 is 1.86 bits per heavy atom. The van der Waals surface area contributed by atoms with Crippen molar-refractivity contribution < 1.29 is 4.79 Å². The normalized spacial score (nSPS) is 13.6. The smallest absolute Gasteiger partial charge is 0.229 e. The predicted molar refractivity (Wildman–Crippen MR) is 82.7 cm³/mol. The third kappa shape index (κ3) is 3.92. The summed E-state index contributed by atoms with van der Waals surface area (Å²) in [4.78, 5) is 19.6. The Morgan fingerprint density at radius 1 is 1.14 bits per heavy atom. The molecule has 0 spiro atoms. The largest absolute Gasteiger partial charge is 0.367 e. The molecule has 3 N–H and O–H groups in total. The minimum absolute atomic E-state index is 0.0853. The fraction of sp³-hybridized carbons (Fsp3) is 0.267. The zero-order chi connectivity index (χ0) is 14.7. The van der Waals surface area contributed by atoms with Crippen molar-refractivity contribution in [3.8, 4) is 0 Å². The lowest BCUT2D eigenvalue weighted by molar-refractivity contribution is -0.114. The molecule has 6 heteroatoms. The number of hydrogen-bond acceptors (Lipinski definition) is 5. The molecule has 1 amide bonds. The lowest BCUT2D eigenvalue weighted by Crippen LogP contribution is -2.06. The summed E-state index contributed by atoms with van der Waals surface area (Å²) < 4.78 is 0. The summed E-state index contributed by atoms with van der Waals surface area (Å²) in [6.45, 7) is 1.48. The minimum Gasteiger partial charge on any atom is -0.367 e. The van der Waals surface area contributed by atoms with Crippen molar-refractivity contribution >= 4 is 29.0 Å². The second-order valence-electron chi connectivity index (χ2n) is 5.07. The average molecular weight is 283 g/mol. The number of rotatable bonds is 5. The summed E-state index contributed by atoms with van der Waals surface area (Å²) in [6, 6.07) is 9.82.